The summed E-state index contributed by atoms with van der Waals surface area (Å²) in [6, 6.07) is 26.6. The van der Waals surface area contributed by atoms with Gasteiger partial charge in [-0.25, -0.2) is 0 Å². The third-order valence-corrected chi connectivity index (χ3v) is 5.67. The highest BCUT2D eigenvalue weighted by Crippen LogP contribution is 2.32. The number of hydrogen-bond acceptors (Lipinski definition) is 2. The average Bonchev–Trinajstić information content (AvgIpc) is 2.70. The Morgan fingerprint density at radius 1 is 0.793 bits per heavy atom. The molecule has 0 heterocycles. The number of halogens is 4. The predicted molar refractivity (Wildman–Crippen MR) is 130 cm³/mol. The fourth-order valence-electron chi connectivity index (χ4n) is 2.92. The lowest BCUT2D eigenvalue weighted by atomic mass is 9.90. The molecule has 3 aromatic carbocycles. The standard InChI is InChI=1S/C22H18Cl3IN2O/c23-22(24,25)21(27-18-13-11-17(26)12-14-18)28-20(29)19(15-7-3-1-4-8-15)16-9-5-2-6-10-16/h1-14,19,21,27H,(H,28,29)/t21-/m1/s1. The van der Waals surface area contributed by atoms with Gasteiger partial charge in [0, 0.05) is 9.26 Å². The molecule has 0 aliphatic carbocycles. The summed E-state index contributed by atoms with van der Waals surface area (Å²) in [5, 5.41) is 5.97. The fraction of sp³-hybridized carbons (Fsp3) is 0.136. The molecule has 7 heteroatoms. The fourth-order valence-corrected chi connectivity index (χ4v) is 3.61. The van der Waals surface area contributed by atoms with Crippen LogP contribution in [0.3, 0.4) is 0 Å². The molecule has 2 N–H and O–H groups in total. The lowest BCUT2D eigenvalue weighted by Gasteiger charge is -2.29. The molecule has 3 rings (SSSR count). The van der Waals surface area contributed by atoms with Gasteiger partial charge in [0.25, 0.3) is 0 Å². The van der Waals surface area contributed by atoms with Crippen LogP contribution in [0.1, 0.15) is 17.0 Å². The Bertz CT molecular complexity index is 892. The van der Waals surface area contributed by atoms with E-state index in [1.807, 2.05) is 84.9 Å². The second-order valence-corrected chi connectivity index (χ2v) is 10.0. The lowest BCUT2D eigenvalue weighted by Crippen LogP contribution is -2.50. The molecule has 0 radical (unpaired) electrons. The number of alkyl halides is 3. The summed E-state index contributed by atoms with van der Waals surface area (Å²) in [7, 11) is 0. The summed E-state index contributed by atoms with van der Waals surface area (Å²) in [5.74, 6) is -0.803. The van der Waals surface area contributed by atoms with Crippen LogP contribution in [0.5, 0.6) is 0 Å². The van der Waals surface area contributed by atoms with E-state index in [0.717, 1.165) is 20.4 Å². The molecule has 0 saturated carbocycles. The summed E-state index contributed by atoms with van der Waals surface area (Å²) < 4.78 is -0.674. The first-order valence-electron chi connectivity index (χ1n) is 8.83. The van der Waals surface area contributed by atoms with E-state index in [9.17, 15) is 4.79 Å². The summed E-state index contributed by atoms with van der Waals surface area (Å²) in [6.07, 6.45) is -0.921. The second kappa shape index (κ2) is 10.0. The monoisotopic (exact) mass is 558 g/mol. The van der Waals surface area contributed by atoms with Gasteiger partial charge >= 0.3 is 0 Å². The van der Waals surface area contributed by atoms with Crippen molar-refractivity contribution in [2.45, 2.75) is 15.9 Å². The molecule has 0 aliphatic rings. The Balaban J connectivity index is 1.88. The molecule has 0 spiro atoms. The zero-order valence-electron chi connectivity index (χ0n) is 15.2. The van der Waals surface area contributed by atoms with Gasteiger partial charge in [-0.05, 0) is 58.0 Å². The Morgan fingerprint density at radius 3 is 1.72 bits per heavy atom. The Hall–Kier alpha value is -1.47. The van der Waals surface area contributed by atoms with E-state index in [1.54, 1.807) is 0 Å². The molecule has 0 unspecified atom stereocenters. The van der Waals surface area contributed by atoms with Crippen LogP contribution in [-0.2, 0) is 4.79 Å². The maximum atomic E-state index is 13.3. The summed E-state index contributed by atoms with van der Waals surface area (Å²) in [4.78, 5) is 13.3. The van der Waals surface area contributed by atoms with E-state index >= 15 is 0 Å². The van der Waals surface area contributed by atoms with E-state index in [-0.39, 0.29) is 5.91 Å². The van der Waals surface area contributed by atoms with Crippen molar-refractivity contribution in [3.05, 3.63) is 99.6 Å². The van der Waals surface area contributed by atoms with Gasteiger partial charge in [0.15, 0.2) is 0 Å². The molecule has 29 heavy (non-hydrogen) atoms. The Morgan fingerprint density at radius 2 is 1.28 bits per heavy atom. The third kappa shape index (κ3) is 6.25. The molecule has 0 saturated heterocycles. The third-order valence-electron chi connectivity index (χ3n) is 4.30. The highest BCUT2D eigenvalue weighted by atomic mass is 127. The quantitative estimate of drug-likeness (QED) is 0.210. The van der Waals surface area contributed by atoms with Crippen LogP contribution in [0.2, 0.25) is 0 Å². The van der Waals surface area contributed by atoms with Crippen molar-refractivity contribution in [1.29, 1.82) is 0 Å². The Kier molecular flexibility index (Phi) is 7.68. The smallest absolute Gasteiger partial charge is 0.233 e. The molecule has 0 fully saturated rings. The molecule has 3 aromatic rings. The molecule has 150 valence electrons. The van der Waals surface area contributed by atoms with Crippen LogP contribution in [0.15, 0.2) is 84.9 Å². The number of carbonyl (C=O) groups excluding carboxylic acids is 1. The zero-order valence-corrected chi connectivity index (χ0v) is 19.6. The molecule has 3 nitrogen and oxygen atoms in total. The molecular formula is C22H18Cl3IN2O. The van der Waals surface area contributed by atoms with E-state index < -0.39 is 15.9 Å². The summed E-state index contributed by atoms with van der Waals surface area (Å²) in [6.45, 7) is 0. The zero-order chi connectivity index (χ0) is 20.9. The number of rotatable bonds is 6. The number of benzene rings is 3. The van der Waals surface area contributed by atoms with Gasteiger partial charge < -0.3 is 10.6 Å². The number of hydrogen-bond donors (Lipinski definition) is 2. The van der Waals surface area contributed by atoms with Crippen molar-refractivity contribution >= 4 is 69.0 Å². The summed E-state index contributed by atoms with van der Waals surface area (Å²) >= 11 is 20.7. The van der Waals surface area contributed by atoms with Crippen LogP contribution >= 0.6 is 57.4 Å². The number of nitrogens with one attached hydrogen (secondary N) is 2. The summed E-state index contributed by atoms with van der Waals surface area (Å²) in [5.41, 5.74) is 2.44. The molecule has 0 aliphatic heterocycles. The molecule has 0 bridgehead atoms. The van der Waals surface area contributed by atoms with Gasteiger partial charge in [-0.1, -0.05) is 95.5 Å². The number of amides is 1. The van der Waals surface area contributed by atoms with Crippen molar-refractivity contribution < 1.29 is 4.79 Å². The van der Waals surface area contributed by atoms with E-state index in [0.29, 0.717) is 0 Å². The first-order chi connectivity index (χ1) is 13.8. The highest BCUT2D eigenvalue weighted by molar-refractivity contribution is 14.1. The van der Waals surface area contributed by atoms with Crippen molar-refractivity contribution in [2.24, 2.45) is 0 Å². The van der Waals surface area contributed by atoms with Gasteiger partial charge in [-0.15, -0.1) is 0 Å². The van der Waals surface area contributed by atoms with Crippen molar-refractivity contribution in [3.8, 4) is 0 Å². The molecule has 0 aromatic heterocycles. The largest absolute Gasteiger partial charge is 0.362 e. The van der Waals surface area contributed by atoms with Gasteiger partial charge in [0.2, 0.25) is 9.70 Å². The van der Waals surface area contributed by atoms with Crippen molar-refractivity contribution in [3.63, 3.8) is 0 Å². The molecule has 1 amide bonds. The van der Waals surface area contributed by atoms with Gasteiger partial charge in [0.05, 0.1) is 5.92 Å². The molecule has 1 atom stereocenters. The van der Waals surface area contributed by atoms with Crippen LogP contribution < -0.4 is 10.6 Å². The minimum absolute atomic E-state index is 0.267. The first-order valence-corrected chi connectivity index (χ1v) is 11.0. The normalized spacial score (nSPS) is 12.4. The van der Waals surface area contributed by atoms with Crippen LogP contribution in [0.4, 0.5) is 5.69 Å². The van der Waals surface area contributed by atoms with E-state index in [2.05, 4.69) is 33.2 Å². The Labute approximate surface area is 198 Å². The van der Waals surface area contributed by atoms with E-state index in [1.165, 1.54) is 0 Å². The van der Waals surface area contributed by atoms with Gasteiger partial charge in [0.1, 0.15) is 6.17 Å². The first kappa shape index (κ1) is 22.2. The topological polar surface area (TPSA) is 41.1 Å². The predicted octanol–water partition coefficient (Wildman–Crippen LogP) is 6.35. The minimum Gasteiger partial charge on any atom is -0.362 e. The minimum atomic E-state index is -1.75. The SMILES string of the molecule is O=C(N[C@@H](Nc1ccc(I)cc1)C(Cl)(Cl)Cl)C(c1ccccc1)c1ccccc1. The van der Waals surface area contributed by atoms with Gasteiger partial charge in [-0.2, -0.15) is 0 Å². The lowest BCUT2D eigenvalue weighted by molar-refractivity contribution is -0.122. The second-order valence-electron chi connectivity index (χ2n) is 6.39. The van der Waals surface area contributed by atoms with E-state index in [4.69, 9.17) is 34.8 Å². The van der Waals surface area contributed by atoms with Crippen LogP contribution in [0.25, 0.3) is 0 Å². The van der Waals surface area contributed by atoms with Crippen LogP contribution in [0, 0.1) is 3.57 Å². The maximum Gasteiger partial charge on any atom is 0.233 e. The van der Waals surface area contributed by atoms with Gasteiger partial charge in [-0.3, -0.25) is 4.79 Å². The number of carbonyl (C=O) groups is 1. The number of anilines is 1. The highest BCUT2D eigenvalue weighted by Gasteiger charge is 2.36. The maximum absolute atomic E-state index is 13.3. The average molecular weight is 560 g/mol. The van der Waals surface area contributed by atoms with Crippen molar-refractivity contribution in [1.82, 2.24) is 5.32 Å². The molecular weight excluding hydrogens is 542 g/mol. The van der Waals surface area contributed by atoms with Crippen molar-refractivity contribution in [2.75, 3.05) is 5.32 Å². The van der Waals surface area contributed by atoms with Crippen LogP contribution in [-0.4, -0.2) is 15.9 Å².